The fourth-order valence-corrected chi connectivity index (χ4v) is 5.53. The SMILES string of the molecule is C=CCCC(COCC=C)CN(C[C@@H](O)[C@H](Cc1ccccc1)NC(=O)O)S(=O)(=O)c1ccc([N+](=O)[O-])cc1. The van der Waals surface area contributed by atoms with Crippen molar-refractivity contribution in [3.63, 3.8) is 0 Å². The molecule has 3 atom stereocenters. The predicted octanol–water partition coefficient (Wildman–Crippen LogP) is 3.61. The molecule has 0 radical (unpaired) electrons. The van der Waals surface area contributed by atoms with Gasteiger partial charge in [0.25, 0.3) is 5.69 Å². The van der Waals surface area contributed by atoms with E-state index in [4.69, 9.17) is 4.74 Å². The summed E-state index contributed by atoms with van der Waals surface area (Å²) in [5, 5.41) is 33.9. The van der Waals surface area contributed by atoms with Crippen molar-refractivity contribution in [2.24, 2.45) is 5.92 Å². The van der Waals surface area contributed by atoms with Crippen LogP contribution in [0.15, 0.2) is 84.8 Å². The van der Waals surface area contributed by atoms with E-state index in [0.29, 0.717) is 12.8 Å². The first-order valence-corrected chi connectivity index (χ1v) is 13.8. The molecule has 0 saturated carbocycles. The van der Waals surface area contributed by atoms with Crippen molar-refractivity contribution in [3.05, 3.63) is 95.6 Å². The predicted molar refractivity (Wildman–Crippen MR) is 147 cm³/mol. The van der Waals surface area contributed by atoms with Crippen LogP contribution in [0.5, 0.6) is 0 Å². The first kappa shape index (κ1) is 31.6. The molecule has 1 unspecified atom stereocenters. The highest BCUT2D eigenvalue weighted by molar-refractivity contribution is 7.89. The van der Waals surface area contributed by atoms with Crippen molar-refractivity contribution in [2.75, 3.05) is 26.3 Å². The number of nitro groups is 1. The molecule has 0 spiro atoms. The topological polar surface area (TPSA) is 159 Å². The maximum absolute atomic E-state index is 13.7. The zero-order chi connectivity index (χ0) is 28.8. The van der Waals surface area contributed by atoms with Gasteiger partial charge in [-0.1, -0.05) is 42.5 Å². The van der Waals surface area contributed by atoms with E-state index in [1.807, 2.05) is 0 Å². The monoisotopic (exact) mass is 561 g/mol. The summed E-state index contributed by atoms with van der Waals surface area (Å²) < 4.78 is 34.1. The van der Waals surface area contributed by atoms with Crippen LogP contribution < -0.4 is 5.32 Å². The molecule has 12 heteroatoms. The minimum absolute atomic E-state index is 0.0491. The smallest absolute Gasteiger partial charge is 0.404 e. The third-order valence-electron chi connectivity index (χ3n) is 5.98. The molecule has 39 heavy (non-hydrogen) atoms. The van der Waals surface area contributed by atoms with Crippen LogP contribution in [0.4, 0.5) is 10.5 Å². The number of hydrogen-bond donors (Lipinski definition) is 3. The summed E-state index contributed by atoms with van der Waals surface area (Å²) in [4.78, 5) is 21.7. The van der Waals surface area contributed by atoms with Gasteiger partial charge in [-0.3, -0.25) is 10.1 Å². The Kier molecular flexibility index (Phi) is 12.8. The Hall–Kier alpha value is -3.58. The van der Waals surface area contributed by atoms with E-state index in [-0.39, 0.29) is 42.7 Å². The van der Waals surface area contributed by atoms with Crippen LogP contribution in [0.2, 0.25) is 0 Å². The Labute approximate surface area is 228 Å². The van der Waals surface area contributed by atoms with Gasteiger partial charge in [-0.05, 0) is 42.9 Å². The van der Waals surface area contributed by atoms with Gasteiger partial charge < -0.3 is 20.3 Å². The second kappa shape index (κ2) is 15.7. The van der Waals surface area contributed by atoms with Crippen molar-refractivity contribution >= 4 is 21.8 Å². The van der Waals surface area contributed by atoms with E-state index in [0.717, 1.165) is 34.1 Å². The summed E-state index contributed by atoms with van der Waals surface area (Å²) in [7, 11) is -4.25. The molecule has 0 aliphatic heterocycles. The van der Waals surface area contributed by atoms with Gasteiger partial charge in [-0.25, -0.2) is 13.2 Å². The van der Waals surface area contributed by atoms with Crippen LogP contribution in [0.25, 0.3) is 0 Å². The Balaban J connectivity index is 2.41. The molecule has 0 fully saturated rings. The number of sulfonamides is 1. The molecule has 11 nitrogen and oxygen atoms in total. The summed E-state index contributed by atoms with van der Waals surface area (Å²) in [6.45, 7) is 7.33. The number of allylic oxidation sites excluding steroid dienone is 1. The molecule has 3 N–H and O–H groups in total. The van der Waals surface area contributed by atoms with E-state index in [2.05, 4.69) is 18.5 Å². The van der Waals surface area contributed by atoms with Gasteiger partial charge in [-0.2, -0.15) is 4.31 Å². The number of amides is 1. The highest BCUT2D eigenvalue weighted by Crippen LogP contribution is 2.23. The second-order valence-corrected chi connectivity index (χ2v) is 10.9. The Morgan fingerprint density at radius 1 is 1.10 bits per heavy atom. The normalized spacial score (nSPS) is 13.8. The fourth-order valence-electron chi connectivity index (χ4n) is 3.99. The third kappa shape index (κ3) is 10.2. The van der Waals surface area contributed by atoms with Crippen LogP contribution in [0.1, 0.15) is 18.4 Å². The maximum Gasteiger partial charge on any atom is 0.404 e. The molecule has 0 bridgehead atoms. The molecule has 212 valence electrons. The molecule has 2 aromatic rings. The summed E-state index contributed by atoms with van der Waals surface area (Å²) in [5.74, 6) is -0.289. The molecule has 0 aliphatic rings. The van der Waals surface area contributed by atoms with E-state index < -0.39 is 39.7 Å². The lowest BCUT2D eigenvalue weighted by atomic mass is 10.0. The number of aliphatic hydroxyl groups is 1. The zero-order valence-electron chi connectivity index (χ0n) is 21.6. The summed E-state index contributed by atoms with van der Waals surface area (Å²) in [6.07, 6.45) is 1.77. The van der Waals surface area contributed by atoms with Gasteiger partial charge in [0, 0.05) is 25.2 Å². The number of rotatable bonds is 18. The van der Waals surface area contributed by atoms with Gasteiger partial charge in [-0.15, -0.1) is 13.2 Å². The number of nitrogens with zero attached hydrogens (tertiary/aromatic N) is 2. The molecule has 1 amide bonds. The lowest BCUT2D eigenvalue weighted by Crippen LogP contribution is -2.51. The number of aliphatic hydroxyl groups excluding tert-OH is 1. The fraction of sp³-hybridized carbons (Fsp3) is 0.370. The Morgan fingerprint density at radius 3 is 2.33 bits per heavy atom. The van der Waals surface area contributed by atoms with Gasteiger partial charge in [0.2, 0.25) is 10.0 Å². The first-order chi connectivity index (χ1) is 18.6. The Morgan fingerprint density at radius 2 is 1.77 bits per heavy atom. The standard InChI is InChI=1S/C27H35N3O8S/c1-3-5-9-22(20-38-16-4-2)18-29(39(36,37)24-14-12-23(13-15-24)30(34)35)19-26(31)25(28-27(32)33)17-21-10-7-6-8-11-21/h3-4,6-8,10-15,22,25-26,28,31H,1-2,5,9,16-20H2,(H,32,33)/t22?,25-,26+/m0/s1. The van der Waals surface area contributed by atoms with Crippen molar-refractivity contribution in [3.8, 4) is 0 Å². The van der Waals surface area contributed by atoms with E-state index >= 15 is 0 Å². The maximum atomic E-state index is 13.7. The van der Waals surface area contributed by atoms with Crippen molar-refractivity contribution in [1.82, 2.24) is 9.62 Å². The summed E-state index contributed by atoms with van der Waals surface area (Å²) in [5.41, 5.74) is 0.484. The quantitative estimate of drug-likeness (QED) is 0.108. The number of carbonyl (C=O) groups is 1. The van der Waals surface area contributed by atoms with Crippen LogP contribution in [-0.4, -0.2) is 72.4 Å². The first-order valence-electron chi connectivity index (χ1n) is 12.3. The number of hydrogen-bond acceptors (Lipinski definition) is 7. The van der Waals surface area contributed by atoms with Crippen molar-refractivity contribution in [2.45, 2.75) is 36.3 Å². The van der Waals surface area contributed by atoms with Gasteiger partial charge in [0.15, 0.2) is 0 Å². The number of non-ortho nitro benzene ring substituents is 1. The molecular formula is C27H35N3O8S. The number of nitro benzene ring substituents is 1. The highest BCUT2D eigenvalue weighted by Gasteiger charge is 2.32. The number of nitrogens with one attached hydrogen (secondary N) is 1. The van der Waals surface area contributed by atoms with E-state index in [9.17, 15) is 33.5 Å². The van der Waals surface area contributed by atoms with Gasteiger partial charge >= 0.3 is 6.09 Å². The minimum atomic E-state index is -4.25. The van der Waals surface area contributed by atoms with Gasteiger partial charge in [0.1, 0.15) is 0 Å². The number of carboxylic acid groups (broad SMARTS) is 1. The Bertz CT molecular complexity index is 1190. The number of benzene rings is 2. The van der Waals surface area contributed by atoms with E-state index in [1.165, 1.54) is 0 Å². The van der Waals surface area contributed by atoms with Crippen LogP contribution in [0, 0.1) is 16.0 Å². The molecule has 0 heterocycles. The van der Waals surface area contributed by atoms with E-state index in [1.54, 1.807) is 42.5 Å². The zero-order valence-corrected chi connectivity index (χ0v) is 22.4. The highest BCUT2D eigenvalue weighted by atomic mass is 32.2. The minimum Gasteiger partial charge on any atom is -0.465 e. The van der Waals surface area contributed by atoms with Crippen LogP contribution >= 0.6 is 0 Å². The summed E-state index contributed by atoms with van der Waals surface area (Å²) in [6, 6.07) is 12.3. The van der Waals surface area contributed by atoms with Crippen LogP contribution in [0.3, 0.4) is 0 Å². The average Bonchev–Trinajstić information content (AvgIpc) is 2.91. The molecule has 2 rings (SSSR count). The molecule has 0 aliphatic carbocycles. The largest absolute Gasteiger partial charge is 0.465 e. The number of ether oxygens (including phenoxy) is 1. The lowest BCUT2D eigenvalue weighted by Gasteiger charge is -2.31. The van der Waals surface area contributed by atoms with Crippen LogP contribution in [-0.2, 0) is 21.2 Å². The summed E-state index contributed by atoms with van der Waals surface area (Å²) >= 11 is 0. The van der Waals surface area contributed by atoms with Crippen molar-refractivity contribution in [1.29, 1.82) is 0 Å². The second-order valence-electron chi connectivity index (χ2n) is 8.94. The molecule has 0 saturated heterocycles. The average molecular weight is 562 g/mol. The van der Waals surface area contributed by atoms with Gasteiger partial charge in [0.05, 0.1) is 35.2 Å². The molecule has 0 aromatic heterocycles. The molecule has 2 aromatic carbocycles. The molecular weight excluding hydrogens is 526 g/mol. The third-order valence-corrected chi connectivity index (χ3v) is 7.82. The lowest BCUT2D eigenvalue weighted by molar-refractivity contribution is -0.384. The van der Waals surface area contributed by atoms with Crippen molar-refractivity contribution < 1.29 is 33.1 Å².